The first-order valence-electron chi connectivity index (χ1n) is 14.9. The van der Waals surface area contributed by atoms with Gasteiger partial charge in [-0.1, -0.05) is 43.3 Å². The molecule has 2 aromatic rings. The van der Waals surface area contributed by atoms with Crippen LogP contribution in [0.25, 0.3) is 11.1 Å². The minimum Gasteiger partial charge on any atom is -0.465 e. The van der Waals surface area contributed by atoms with E-state index in [1.165, 1.54) is 6.07 Å². The highest BCUT2D eigenvalue weighted by atomic mass is 19.1. The maximum absolute atomic E-state index is 15.6. The van der Waals surface area contributed by atoms with E-state index in [0.29, 0.717) is 55.0 Å². The number of rotatable bonds is 11. The highest BCUT2D eigenvalue weighted by molar-refractivity contribution is 5.76. The third-order valence-electron chi connectivity index (χ3n) is 8.79. The summed E-state index contributed by atoms with van der Waals surface area (Å²) in [6.07, 6.45) is 5.37. The van der Waals surface area contributed by atoms with Crippen molar-refractivity contribution in [1.82, 2.24) is 15.5 Å². The average Bonchev–Trinajstić information content (AvgIpc) is 2.98. The van der Waals surface area contributed by atoms with Crippen molar-refractivity contribution in [2.45, 2.75) is 70.3 Å². The molecule has 8 heteroatoms. The lowest BCUT2D eigenvalue weighted by Crippen LogP contribution is -2.48. The van der Waals surface area contributed by atoms with E-state index < -0.39 is 17.5 Å². The van der Waals surface area contributed by atoms with Crippen LogP contribution in [0.2, 0.25) is 0 Å². The highest BCUT2D eigenvalue weighted by Gasteiger charge is 2.43. The number of nitrogens with one attached hydrogen (secondary N) is 2. The zero-order valence-corrected chi connectivity index (χ0v) is 23.6. The van der Waals surface area contributed by atoms with Crippen LogP contribution in [-0.2, 0) is 16.8 Å². The van der Waals surface area contributed by atoms with Crippen LogP contribution in [0.3, 0.4) is 0 Å². The van der Waals surface area contributed by atoms with E-state index in [0.717, 1.165) is 50.8 Å². The van der Waals surface area contributed by atoms with Gasteiger partial charge in [0.25, 0.3) is 0 Å². The first-order valence-corrected chi connectivity index (χ1v) is 14.9. The summed E-state index contributed by atoms with van der Waals surface area (Å²) in [5.74, 6) is -0.0196. The van der Waals surface area contributed by atoms with Crippen molar-refractivity contribution in [2.75, 3.05) is 32.7 Å². The van der Waals surface area contributed by atoms with E-state index >= 15 is 4.39 Å². The van der Waals surface area contributed by atoms with E-state index in [2.05, 4.69) is 10.6 Å². The van der Waals surface area contributed by atoms with Crippen LogP contribution in [0.1, 0.15) is 69.4 Å². The standard InChI is InChI=1S/C32H44FN3O4/c1-2-23-7-3-8-25(21-23)30-27(10-4-11-28(30)33)32(40,16-6-17-35-31(38)39)26-9-5-20-36(22-26)29(37)13-12-24-14-18-34-19-15-24/h3-4,7-8,10-11,21,24,26,34-35,40H,2,5-6,9,12-20,22H2,1H3,(H,38,39). The van der Waals surface area contributed by atoms with Crippen LogP contribution < -0.4 is 10.6 Å². The summed E-state index contributed by atoms with van der Waals surface area (Å²) in [7, 11) is 0. The van der Waals surface area contributed by atoms with Gasteiger partial charge >= 0.3 is 6.09 Å². The van der Waals surface area contributed by atoms with Crippen LogP contribution >= 0.6 is 0 Å². The molecule has 2 saturated heterocycles. The quantitative estimate of drug-likeness (QED) is 0.283. The Kier molecular flexibility index (Phi) is 10.6. The molecule has 0 radical (unpaired) electrons. The molecule has 4 rings (SSSR count). The van der Waals surface area contributed by atoms with Crippen LogP contribution in [0.4, 0.5) is 9.18 Å². The monoisotopic (exact) mass is 553 g/mol. The van der Waals surface area contributed by atoms with Crippen molar-refractivity contribution in [1.29, 1.82) is 0 Å². The number of benzene rings is 2. The molecule has 2 fully saturated rings. The van der Waals surface area contributed by atoms with Gasteiger partial charge in [-0.05, 0) is 93.1 Å². The predicted molar refractivity (Wildman–Crippen MR) is 155 cm³/mol. The molecule has 2 atom stereocenters. The molecule has 2 aliphatic rings. The minimum absolute atomic E-state index is 0.119. The molecule has 218 valence electrons. The highest BCUT2D eigenvalue weighted by Crippen LogP contribution is 2.44. The summed E-state index contributed by atoms with van der Waals surface area (Å²) < 4.78 is 15.6. The smallest absolute Gasteiger partial charge is 0.404 e. The first kappa shape index (κ1) is 30.0. The molecular weight excluding hydrogens is 509 g/mol. The van der Waals surface area contributed by atoms with Gasteiger partial charge in [0.1, 0.15) is 5.82 Å². The lowest BCUT2D eigenvalue weighted by molar-refractivity contribution is -0.137. The molecule has 2 heterocycles. The number of halogens is 1. The van der Waals surface area contributed by atoms with Crippen molar-refractivity contribution < 1.29 is 24.2 Å². The van der Waals surface area contributed by atoms with E-state index in [4.69, 9.17) is 5.11 Å². The van der Waals surface area contributed by atoms with Crippen molar-refractivity contribution in [3.05, 3.63) is 59.4 Å². The fourth-order valence-electron chi connectivity index (χ4n) is 6.49. The second-order valence-corrected chi connectivity index (χ2v) is 11.4. The molecule has 2 aromatic carbocycles. The summed E-state index contributed by atoms with van der Waals surface area (Å²) >= 11 is 0. The number of aliphatic hydroxyl groups is 1. The summed E-state index contributed by atoms with van der Waals surface area (Å²) in [4.78, 5) is 26.2. The van der Waals surface area contributed by atoms with Crippen LogP contribution in [0.5, 0.6) is 0 Å². The average molecular weight is 554 g/mol. The van der Waals surface area contributed by atoms with Crippen molar-refractivity contribution >= 4 is 12.0 Å². The second kappa shape index (κ2) is 14.1. The Morgan fingerprint density at radius 2 is 1.93 bits per heavy atom. The number of carboxylic acid groups (broad SMARTS) is 1. The molecule has 0 spiro atoms. The van der Waals surface area contributed by atoms with Gasteiger partial charge in [-0.15, -0.1) is 0 Å². The Morgan fingerprint density at radius 1 is 1.15 bits per heavy atom. The number of piperidine rings is 2. The summed E-state index contributed by atoms with van der Waals surface area (Å²) in [5, 5.41) is 27.3. The first-order chi connectivity index (χ1) is 19.3. The van der Waals surface area contributed by atoms with Crippen molar-refractivity contribution in [2.24, 2.45) is 11.8 Å². The summed E-state index contributed by atoms with van der Waals surface area (Å²) in [6, 6.07) is 12.6. The van der Waals surface area contributed by atoms with Gasteiger partial charge < -0.3 is 25.7 Å². The Labute approximate surface area is 237 Å². The van der Waals surface area contributed by atoms with Gasteiger partial charge in [-0.3, -0.25) is 4.79 Å². The third kappa shape index (κ3) is 7.40. The molecular formula is C32H44FN3O4. The second-order valence-electron chi connectivity index (χ2n) is 11.4. The minimum atomic E-state index is -1.44. The Bertz CT molecular complexity index is 1150. The number of hydrogen-bond donors (Lipinski definition) is 4. The third-order valence-corrected chi connectivity index (χ3v) is 8.79. The molecule has 2 unspecified atom stereocenters. The Balaban J connectivity index is 1.61. The van der Waals surface area contributed by atoms with Gasteiger partial charge in [-0.25, -0.2) is 9.18 Å². The number of nitrogens with zero attached hydrogens (tertiary/aromatic N) is 1. The van der Waals surface area contributed by atoms with E-state index in [-0.39, 0.29) is 24.8 Å². The topological polar surface area (TPSA) is 102 Å². The Morgan fingerprint density at radius 3 is 2.67 bits per heavy atom. The fourth-order valence-corrected chi connectivity index (χ4v) is 6.49. The van der Waals surface area contributed by atoms with Crippen LogP contribution in [0.15, 0.2) is 42.5 Å². The van der Waals surface area contributed by atoms with Gasteiger partial charge in [-0.2, -0.15) is 0 Å². The molecule has 0 bridgehead atoms. The SMILES string of the molecule is CCc1cccc(-c2c(F)cccc2C(O)(CCCNC(=O)O)C2CCCN(C(=O)CCC3CCNCC3)C2)c1. The van der Waals surface area contributed by atoms with Gasteiger partial charge in [0.15, 0.2) is 0 Å². The van der Waals surface area contributed by atoms with Crippen LogP contribution in [0, 0.1) is 17.7 Å². The number of carbonyl (C=O) groups excluding carboxylic acids is 1. The maximum Gasteiger partial charge on any atom is 0.404 e. The largest absolute Gasteiger partial charge is 0.465 e. The molecule has 2 amide bonds. The molecule has 7 nitrogen and oxygen atoms in total. The zero-order valence-electron chi connectivity index (χ0n) is 23.6. The zero-order chi connectivity index (χ0) is 28.5. The number of likely N-dealkylation sites (tertiary alicyclic amines) is 1. The van der Waals surface area contributed by atoms with Gasteiger partial charge in [0.05, 0.1) is 5.60 Å². The maximum atomic E-state index is 15.6. The predicted octanol–water partition coefficient (Wildman–Crippen LogP) is 5.31. The van der Waals surface area contributed by atoms with Gasteiger partial charge in [0.2, 0.25) is 5.91 Å². The van der Waals surface area contributed by atoms with Crippen molar-refractivity contribution in [3.8, 4) is 11.1 Å². The number of amides is 2. The normalized spacial score (nSPS) is 19.7. The Hall–Kier alpha value is -2.97. The molecule has 0 saturated carbocycles. The lowest BCUT2D eigenvalue weighted by Gasteiger charge is -2.44. The molecule has 40 heavy (non-hydrogen) atoms. The summed E-state index contributed by atoms with van der Waals surface area (Å²) in [5.41, 5.74) is 1.23. The van der Waals surface area contributed by atoms with Crippen LogP contribution in [-0.4, -0.2) is 59.8 Å². The summed E-state index contributed by atoms with van der Waals surface area (Å²) in [6.45, 7) is 5.30. The molecule has 0 aliphatic carbocycles. The lowest BCUT2D eigenvalue weighted by atomic mass is 9.72. The van der Waals surface area contributed by atoms with E-state index in [1.807, 2.05) is 36.1 Å². The molecule has 2 aliphatic heterocycles. The van der Waals surface area contributed by atoms with Crippen molar-refractivity contribution in [3.63, 3.8) is 0 Å². The molecule has 4 N–H and O–H groups in total. The number of aryl methyl sites for hydroxylation is 1. The fraction of sp³-hybridized carbons (Fsp3) is 0.562. The van der Waals surface area contributed by atoms with E-state index in [9.17, 15) is 14.7 Å². The number of carbonyl (C=O) groups is 2. The van der Waals surface area contributed by atoms with Gasteiger partial charge in [0, 0.05) is 37.5 Å². The van der Waals surface area contributed by atoms with E-state index in [1.54, 1.807) is 12.1 Å². The molecule has 0 aromatic heterocycles. The number of hydrogen-bond acceptors (Lipinski definition) is 4.